The zero-order chi connectivity index (χ0) is 100. The molecule has 0 aromatic carbocycles. The van der Waals surface area contributed by atoms with Crippen molar-refractivity contribution in [2.75, 3.05) is 65.4 Å². The number of rotatable bonds is 39. The first-order chi connectivity index (χ1) is 62.8. The van der Waals surface area contributed by atoms with Crippen LogP contribution in [0.3, 0.4) is 0 Å². The Kier molecular flexibility index (Phi) is 34.6. The quantitative estimate of drug-likeness (QED) is 0.0255. The van der Waals surface area contributed by atoms with Crippen molar-refractivity contribution >= 4 is 46.7 Å². The molecule has 12 heterocycles. The number of aliphatic imine (C=N–C) groups is 8. The van der Waals surface area contributed by atoms with Gasteiger partial charge in [-0.3, -0.25) is 40.5 Å². The van der Waals surface area contributed by atoms with Gasteiger partial charge in [0.05, 0.1) is 0 Å². The van der Waals surface area contributed by atoms with E-state index >= 15 is 0 Å². The molecular weight excluding hydrogens is 1690 g/mol. The predicted molar refractivity (Wildman–Crippen MR) is 574 cm³/mol. The number of hydrogen-bond donors (Lipinski definition) is 14. The van der Waals surface area contributed by atoms with Crippen molar-refractivity contribution in [2.45, 2.75) is 530 Å². The lowest BCUT2D eigenvalue weighted by molar-refractivity contribution is 0.0148. The summed E-state index contributed by atoms with van der Waals surface area (Å²) in [5.41, 5.74) is 14.5. The molecule has 0 saturated carbocycles. The van der Waals surface area contributed by atoms with Crippen molar-refractivity contribution in [3.8, 4) is 0 Å². The molecule has 12 rings (SSSR count). The van der Waals surface area contributed by atoms with Gasteiger partial charge in [0.1, 0.15) is 46.7 Å². The first kappa shape index (κ1) is 111. The summed E-state index contributed by atoms with van der Waals surface area (Å²) in [5.74, 6) is 9.64. The summed E-state index contributed by atoms with van der Waals surface area (Å²) in [6.07, 6.45) is 23.4. The van der Waals surface area contributed by atoms with Gasteiger partial charge in [-0.2, -0.15) is 0 Å². The van der Waals surface area contributed by atoms with Crippen LogP contribution in [0.25, 0.3) is 0 Å². The number of nitrogens with zero attached hydrogens (tertiary/aromatic N) is 14. The second-order valence-electron chi connectivity index (χ2n) is 55.5. The highest BCUT2D eigenvalue weighted by molar-refractivity contribution is 6.04. The van der Waals surface area contributed by atoms with Crippen LogP contribution in [0.4, 0.5) is 0 Å². The molecule has 0 spiro atoms. The molecule has 0 amide bonds. The van der Waals surface area contributed by atoms with Gasteiger partial charge < -0.3 is 42.5 Å². The Balaban J connectivity index is 1.02. The molecule has 12 aliphatic rings. The smallest absolute Gasteiger partial charge is 0.195 e. The summed E-state index contributed by atoms with van der Waals surface area (Å²) in [5, 5.41) is 51.1. The molecule has 0 aromatic heterocycles. The molecule has 0 radical (unpaired) electrons. The molecule has 4 atom stereocenters. The van der Waals surface area contributed by atoms with Crippen LogP contribution in [0.2, 0.25) is 0 Å². The lowest BCUT2D eigenvalue weighted by Gasteiger charge is -2.52. The second-order valence-corrected chi connectivity index (χ2v) is 55.5. The molecule has 4 unspecified atom stereocenters. The van der Waals surface area contributed by atoms with E-state index in [0.717, 1.165) is 253 Å². The lowest BCUT2D eigenvalue weighted by Crippen LogP contribution is -2.66. The van der Waals surface area contributed by atoms with E-state index in [0.29, 0.717) is 26.2 Å². The van der Waals surface area contributed by atoms with Gasteiger partial charge in [0.15, 0.2) is 25.2 Å². The summed E-state index contributed by atoms with van der Waals surface area (Å²) < 4.78 is 0. The Labute approximate surface area is 829 Å². The van der Waals surface area contributed by atoms with Crippen LogP contribution in [0.15, 0.2) is 39.9 Å². The fraction of sp³-hybridized carbons (Fsp3) is 0.926. The molecule has 8 saturated heterocycles. The molecule has 778 valence electrons. The highest BCUT2D eigenvalue weighted by atomic mass is 15.7. The van der Waals surface area contributed by atoms with Crippen molar-refractivity contribution < 1.29 is 0 Å². The SMILES string of the molecule is CCCCNN1C(C2CC(C)(C)NC(C)(C)C2)=NC(C2CC(C)(C)NC(C)(C)C2)=NC1NCCCN(CCN(CCCNC1N=C(C2CC(C)(C)NC(C)(C)C2)N=C(C2CC(C)(C)NC(C)(C)C2)N1NCCCC)C1N=C(C2CC(C)(C)NC(C)(C)C2)N=C(C2CC(C)(C)NC(C)(C)C2)N1NCCCC)C1N=C(C2CC(C)(C)NC(C)(C)C2)N=C(C2CC(C)(C)NC(C)(C)C2)N1NCCCC. The normalized spacial score (nSPS) is 29.5. The zero-order valence-electron chi connectivity index (χ0n) is 93.6. The summed E-state index contributed by atoms with van der Waals surface area (Å²) in [6, 6.07) is 0. The van der Waals surface area contributed by atoms with E-state index in [1.54, 1.807) is 0 Å². The van der Waals surface area contributed by atoms with E-state index in [9.17, 15) is 0 Å². The van der Waals surface area contributed by atoms with Gasteiger partial charge in [-0.1, -0.05) is 53.4 Å². The minimum Gasteiger partial charge on any atom is -0.307 e. The zero-order valence-corrected chi connectivity index (χ0v) is 93.6. The summed E-state index contributed by atoms with van der Waals surface area (Å²) in [4.78, 5) is 54.4. The van der Waals surface area contributed by atoms with Crippen LogP contribution < -0.4 is 74.9 Å². The summed E-state index contributed by atoms with van der Waals surface area (Å²) >= 11 is 0. The molecule has 136 heavy (non-hydrogen) atoms. The second kappa shape index (κ2) is 42.5. The first-order valence-corrected chi connectivity index (χ1v) is 54.8. The number of hydrazine groups is 4. The van der Waals surface area contributed by atoms with E-state index in [4.69, 9.17) is 39.9 Å². The molecule has 14 N–H and O–H groups in total. The molecule has 12 aliphatic heterocycles. The highest BCUT2D eigenvalue weighted by Gasteiger charge is 2.54. The summed E-state index contributed by atoms with van der Waals surface area (Å²) in [6.45, 7) is 93.3. The average molecular weight is 1900 g/mol. The summed E-state index contributed by atoms with van der Waals surface area (Å²) in [7, 11) is 0. The standard InChI is InChI=1S/C108H206N28/c1-37-41-49-111-133-85(77-65-101(21,22)127-102(23,24)66-77)115-81(73-57-93(5,6)123-94(7,8)58-73)119-89(133)109-47-45-53-131(91-121-83(75-61-97(13,14)125-98(15,16)62-75)117-87(135(91)113-51-43-39-3)79-69-105(29,30)129-106(31,32)70-79)55-56-132(92-122-84(76-63-99(17,18)126-100(19,20)64-76)118-88(136(92)114-52-44-40-4)80-71-107(33,34)130-108(35,36)72-80)54-46-48-110-90-120-82(74-59-95(9,10)124-96(11,12)60-74)116-86(134(90)112-50-42-38-2)78-67-103(25,26)128-104(27,28)68-78/h73-80,89-92,109-114,123-130H,37-72H2,1-36H3. The van der Waals surface area contributed by atoms with Crippen LogP contribution in [-0.4, -0.2) is 256 Å². The minimum atomic E-state index is -0.457. The molecule has 0 aromatic rings. The number of amidine groups is 8. The van der Waals surface area contributed by atoms with Gasteiger partial charge in [0.25, 0.3) is 0 Å². The van der Waals surface area contributed by atoms with Crippen molar-refractivity contribution in [2.24, 2.45) is 87.3 Å². The minimum absolute atomic E-state index is 0.106. The largest absolute Gasteiger partial charge is 0.307 e. The monoisotopic (exact) mass is 1900 g/mol. The Morgan fingerprint density at radius 3 is 0.603 bits per heavy atom. The van der Waals surface area contributed by atoms with E-state index in [-0.39, 0.29) is 136 Å². The Bertz CT molecular complexity index is 3840. The Morgan fingerprint density at radius 2 is 0.404 bits per heavy atom. The predicted octanol–water partition coefficient (Wildman–Crippen LogP) is 16.8. The maximum absolute atomic E-state index is 6.37. The highest BCUT2D eigenvalue weighted by Crippen LogP contribution is 2.46. The van der Waals surface area contributed by atoms with Crippen molar-refractivity contribution in [3.05, 3.63) is 0 Å². The maximum atomic E-state index is 6.37. The Morgan fingerprint density at radius 1 is 0.228 bits per heavy atom. The van der Waals surface area contributed by atoms with Gasteiger partial charge in [-0.25, -0.2) is 61.6 Å². The van der Waals surface area contributed by atoms with Crippen LogP contribution in [-0.2, 0) is 0 Å². The molecule has 28 heteroatoms. The number of hydrogen-bond acceptors (Lipinski definition) is 28. The molecular formula is C108H206N28. The van der Waals surface area contributed by atoms with E-state index < -0.39 is 25.2 Å². The number of piperidine rings is 8. The Hall–Kier alpha value is -4.08. The molecule has 8 fully saturated rings. The van der Waals surface area contributed by atoms with Gasteiger partial charge in [0, 0.05) is 201 Å². The fourth-order valence-corrected chi connectivity index (χ4v) is 28.9. The van der Waals surface area contributed by atoms with Crippen molar-refractivity contribution in [1.82, 2.24) is 105 Å². The van der Waals surface area contributed by atoms with Crippen LogP contribution >= 0.6 is 0 Å². The molecule has 0 bridgehead atoms. The van der Waals surface area contributed by atoms with E-state index in [1.807, 2.05) is 0 Å². The van der Waals surface area contributed by atoms with E-state index in [2.05, 4.69) is 354 Å². The third-order valence-electron chi connectivity index (χ3n) is 30.8. The maximum Gasteiger partial charge on any atom is 0.195 e. The van der Waals surface area contributed by atoms with Crippen molar-refractivity contribution in [3.63, 3.8) is 0 Å². The molecule has 28 nitrogen and oxygen atoms in total. The first-order valence-electron chi connectivity index (χ1n) is 54.8. The van der Waals surface area contributed by atoms with Crippen LogP contribution in [0.1, 0.15) is 416 Å². The average Bonchev–Trinajstić information content (AvgIpc) is 0.752. The third-order valence-corrected chi connectivity index (χ3v) is 30.8. The number of nitrogens with one attached hydrogen (secondary N) is 14. The van der Waals surface area contributed by atoms with E-state index in [1.165, 1.54) is 0 Å². The van der Waals surface area contributed by atoms with Gasteiger partial charge in [0.2, 0.25) is 0 Å². The molecule has 0 aliphatic carbocycles. The van der Waals surface area contributed by atoms with Gasteiger partial charge in [-0.05, 0) is 363 Å². The fourth-order valence-electron chi connectivity index (χ4n) is 28.9. The van der Waals surface area contributed by atoms with Crippen molar-refractivity contribution in [1.29, 1.82) is 0 Å². The van der Waals surface area contributed by atoms with Crippen LogP contribution in [0.5, 0.6) is 0 Å². The number of unbranched alkanes of at least 4 members (excludes halogenated alkanes) is 4. The topological polar surface area (TPSA) is 287 Å². The third kappa shape index (κ3) is 30.3. The van der Waals surface area contributed by atoms with Gasteiger partial charge in [-0.15, -0.1) is 0 Å². The van der Waals surface area contributed by atoms with Crippen LogP contribution in [0, 0.1) is 47.3 Å². The lowest BCUT2D eigenvalue weighted by atomic mass is 9.74. The van der Waals surface area contributed by atoms with Gasteiger partial charge >= 0.3 is 0 Å².